The maximum absolute atomic E-state index is 13.9. The molecular weight excluding hydrogens is 391 g/mol. The van der Waals surface area contributed by atoms with Gasteiger partial charge in [-0.1, -0.05) is 18.2 Å². The van der Waals surface area contributed by atoms with Crippen molar-refractivity contribution in [2.75, 3.05) is 13.7 Å². The van der Waals surface area contributed by atoms with Crippen LogP contribution in [-0.2, 0) is 16.1 Å². The third kappa shape index (κ3) is 4.53. The van der Waals surface area contributed by atoms with Gasteiger partial charge in [-0.15, -0.1) is 0 Å². The Kier molecular flexibility index (Phi) is 6.56. The van der Waals surface area contributed by atoms with Crippen LogP contribution in [0, 0.1) is 5.82 Å². The number of ether oxygens (including phenoxy) is 3. The fraction of sp³-hybridized carbons (Fsp3) is 0.273. The van der Waals surface area contributed by atoms with E-state index in [9.17, 15) is 14.0 Å². The number of methoxy groups -OCH3 is 1. The number of carbonyl (C=O) groups is 2. The van der Waals surface area contributed by atoms with Crippen LogP contribution in [0.3, 0.4) is 0 Å². The largest absolute Gasteiger partial charge is 0.496 e. The molecule has 8 heteroatoms. The SMILES string of the molecule is CCOC(=O)C1=C(C)NC(=O)NC1c1ccc(OC)c(COc2ccccc2F)c1. The van der Waals surface area contributed by atoms with E-state index in [1.54, 1.807) is 44.2 Å². The number of para-hydroxylation sites is 1. The molecule has 2 aromatic rings. The summed E-state index contributed by atoms with van der Waals surface area (Å²) in [4.78, 5) is 24.5. The standard InChI is InChI=1S/C22H23FN2O5/c1-4-29-21(26)19-13(2)24-22(27)25-20(19)14-9-10-17(28-3)15(11-14)12-30-18-8-6-5-7-16(18)23/h5-11,20H,4,12H2,1-3H3,(H2,24,25,27). The van der Waals surface area contributed by atoms with Gasteiger partial charge in [-0.25, -0.2) is 14.0 Å². The van der Waals surface area contributed by atoms with Crippen molar-refractivity contribution >= 4 is 12.0 Å². The Balaban J connectivity index is 1.94. The maximum atomic E-state index is 13.9. The lowest BCUT2D eigenvalue weighted by molar-refractivity contribution is -0.139. The maximum Gasteiger partial charge on any atom is 0.338 e. The molecule has 0 saturated heterocycles. The molecule has 2 aromatic carbocycles. The van der Waals surface area contributed by atoms with Gasteiger partial charge in [-0.3, -0.25) is 0 Å². The van der Waals surface area contributed by atoms with Gasteiger partial charge in [0.05, 0.1) is 25.3 Å². The van der Waals surface area contributed by atoms with E-state index in [-0.39, 0.29) is 19.0 Å². The predicted octanol–water partition coefficient (Wildman–Crippen LogP) is 3.60. The third-order valence-electron chi connectivity index (χ3n) is 4.62. The van der Waals surface area contributed by atoms with Gasteiger partial charge < -0.3 is 24.8 Å². The average molecular weight is 414 g/mol. The van der Waals surface area contributed by atoms with E-state index >= 15 is 0 Å². The highest BCUT2D eigenvalue weighted by molar-refractivity contribution is 5.95. The second-order valence-corrected chi connectivity index (χ2v) is 6.58. The molecule has 7 nitrogen and oxygen atoms in total. The van der Waals surface area contributed by atoms with Gasteiger partial charge in [0.15, 0.2) is 11.6 Å². The summed E-state index contributed by atoms with van der Waals surface area (Å²) in [5.41, 5.74) is 2.00. The van der Waals surface area contributed by atoms with Crippen molar-refractivity contribution in [3.05, 3.63) is 70.7 Å². The van der Waals surface area contributed by atoms with Crippen LogP contribution >= 0.6 is 0 Å². The molecule has 0 radical (unpaired) electrons. The average Bonchev–Trinajstić information content (AvgIpc) is 2.72. The number of esters is 1. The summed E-state index contributed by atoms with van der Waals surface area (Å²) >= 11 is 0. The molecule has 0 aromatic heterocycles. The third-order valence-corrected chi connectivity index (χ3v) is 4.62. The van der Waals surface area contributed by atoms with Crippen molar-refractivity contribution in [3.63, 3.8) is 0 Å². The van der Waals surface area contributed by atoms with Crippen LogP contribution in [0.4, 0.5) is 9.18 Å². The van der Waals surface area contributed by atoms with Crippen LogP contribution in [-0.4, -0.2) is 25.7 Å². The molecule has 2 amide bonds. The number of rotatable bonds is 7. The lowest BCUT2D eigenvalue weighted by Gasteiger charge is -2.28. The fourth-order valence-electron chi connectivity index (χ4n) is 3.23. The van der Waals surface area contributed by atoms with Crippen LogP contribution in [0.25, 0.3) is 0 Å². The van der Waals surface area contributed by atoms with Crippen LogP contribution < -0.4 is 20.1 Å². The first-order chi connectivity index (χ1) is 14.4. The molecule has 1 aliphatic heterocycles. The van der Waals surface area contributed by atoms with Crippen LogP contribution in [0.1, 0.15) is 31.0 Å². The molecule has 0 saturated carbocycles. The molecule has 158 valence electrons. The molecule has 1 atom stereocenters. The number of urea groups is 1. The minimum atomic E-state index is -0.712. The second-order valence-electron chi connectivity index (χ2n) is 6.58. The number of hydrogen-bond acceptors (Lipinski definition) is 5. The van der Waals surface area contributed by atoms with E-state index in [4.69, 9.17) is 14.2 Å². The zero-order valence-electron chi connectivity index (χ0n) is 17.0. The number of nitrogens with one attached hydrogen (secondary N) is 2. The smallest absolute Gasteiger partial charge is 0.338 e. The molecule has 30 heavy (non-hydrogen) atoms. The van der Waals surface area contributed by atoms with Gasteiger partial charge in [-0.05, 0) is 43.7 Å². The molecule has 0 fully saturated rings. The van der Waals surface area contributed by atoms with E-state index in [0.717, 1.165) is 0 Å². The highest BCUT2D eigenvalue weighted by Gasteiger charge is 2.32. The predicted molar refractivity (Wildman–Crippen MR) is 107 cm³/mol. The van der Waals surface area contributed by atoms with Gasteiger partial charge in [-0.2, -0.15) is 0 Å². The van der Waals surface area contributed by atoms with Gasteiger partial charge in [0, 0.05) is 11.3 Å². The molecule has 0 bridgehead atoms. The summed E-state index contributed by atoms with van der Waals surface area (Å²) in [7, 11) is 1.52. The lowest BCUT2D eigenvalue weighted by atomic mass is 9.94. The Labute approximate surface area is 173 Å². The van der Waals surface area contributed by atoms with Crippen LogP contribution in [0.15, 0.2) is 53.7 Å². The molecule has 1 heterocycles. The van der Waals surface area contributed by atoms with Crippen LogP contribution in [0.2, 0.25) is 0 Å². The molecule has 2 N–H and O–H groups in total. The van der Waals surface area contributed by atoms with E-state index in [2.05, 4.69) is 10.6 Å². The highest BCUT2D eigenvalue weighted by Crippen LogP contribution is 2.31. The topological polar surface area (TPSA) is 85.9 Å². The quantitative estimate of drug-likeness (QED) is 0.676. The van der Waals surface area contributed by atoms with Crippen molar-refractivity contribution in [1.29, 1.82) is 0 Å². The first-order valence-electron chi connectivity index (χ1n) is 9.44. The van der Waals surface area contributed by atoms with Crippen molar-refractivity contribution in [2.24, 2.45) is 0 Å². The highest BCUT2D eigenvalue weighted by atomic mass is 19.1. The number of halogens is 1. The molecule has 0 spiro atoms. The Bertz CT molecular complexity index is 989. The second kappa shape index (κ2) is 9.30. The number of benzene rings is 2. The molecule has 1 aliphatic rings. The Morgan fingerprint density at radius 3 is 2.63 bits per heavy atom. The normalized spacial score (nSPS) is 15.9. The molecular formula is C22H23FN2O5. The summed E-state index contributed by atoms with van der Waals surface area (Å²) in [6.07, 6.45) is 0. The van der Waals surface area contributed by atoms with E-state index < -0.39 is 23.9 Å². The van der Waals surface area contributed by atoms with Crippen molar-refractivity contribution in [3.8, 4) is 11.5 Å². The summed E-state index contributed by atoms with van der Waals surface area (Å²) in [6, 6.07) is 10.2. The summed E-state index contributed by atoms with van der Waals surface area (Å²) in [5.74, 6) is -0.342. The number of allylic oxidation sites excluding steroid dienone is 1. The van der Waals surface area contributed by atoms with Crippen molar-refractivity contribution < 1.29 is 28.2 Å². The van der Waals surface area contributed by atoms with Gasteiger partial charge in [0.25, 0.3) is 0 Å². The Morgan fingerprint density at radius 1 is 1.17 bits per heavy atom. The Hall–Kier alpha value is -3.55. The van der Waals surface area contributed by atoms with E-state index in [1.807, 2.05) is 0 Å². The number of hydrogen-bond donors (Lipinski definition) is 2. The first kappa shape index (κ1) is 21.2. The van der Waals surface area contributed by atoms with Gasteiger partial charge in [0.2, 0.25) is 0 Å². The minimum absolute atomic E-state index is 0.0360. The molecule has 3 rings (SSSR count). The fourth-order valence-corrected chi connectivity index (χ4v) is 3.23. The summed E-state index contributed by atoms with van der Waals surface area (Å²) < 4.78 is 30.0. The monoisotopic (exact) mass is 414 g/mol. The van der Waals surface area contributed by atoms with Crippen molar-refractivity contribution in [2.45, 2.75) is 26.5 Å². The molecule has 1 unspecified atom stereocenters. The molecule has 0 aliphatic carbocycles. The summed E-state index contributed by atoms with van der Waals surface area (Å²) in [5, 5.41) is 5.35. The number of carbonyl (C=O) groups excluding carboxylic acids is 2. The van der Waals surface area contributed by atoms with Gasteiger partial charge in [0.1, 0.15) is 12.4 Å². The van der Waals surface area contributed by atoms with Crippen molar-refractivity contribution in [1.82, 2.24) is 10.6 Å². The summed E-state index contributed by atoms with van der Waals surface area (Å²) in [6.45, 7) is 3.60. The Morgan fingerprint density at radius 2 is 1.93 bits per heavy atom. The lowest BCUT2D eigenvalue weighted by Crippen LogP contribution is -2.45. The number of amides is 2. The van der Waals surface area contributed by atoms with Crippen LogP contribution in [0.5, 0.6) is 11.5 Å². The minimum Gasteiger partial charge on any atom is -0.496 e. The van der Waals surface area contributed by atoms with E-state index in [0.29, 0.717) is 28.1 Å². The zero-order chi connectivity index (χ0) is 21.7. The van der Waals surface area contributed by atoms with Gasteiger partial charge >= 0.3 is 12.0 Å². The first-order valence-corrected chi connectivity index (χ1v) is 9.44. The zero-order valence-corrected chi connectivity index (χ0v) is 17.0. The van der Waals surface area contributed by atoms with E-state index in [1.165, 1.54) is 19.2 Å².